The van der Waals surface area contributed by atoms with Gasteiger partial charge in [-0.1, -0.05) is 29.3 Å². The smallest absolute Gasteiger partial charge is 0.0637 e. The van der Waals surface area contributed by atoms with E-state index in [0.717, 1.165) is 29.9 Å². The fourth-order valence-corrected chi connectivity index (χ4v) is 2.78. The number of hydrogen-bond donors (Lipinski definition) is 1. The second-order valence-electron chi connectivity index (χ2n) is 5.38. The summed E-state index contributed by atoms with van der Waals surface area (Å²) in [6.45, 7) is 2.74. The number of nitrogen functional groups attached to an aromatic ring is 1. The van der Waals surface area contributed by atoms with E-state index in [9.17, 15) is 0 Å². The van der Waals surface area contributed by atoms with Gasteiger partial charge in [-0.3, -0.25) is 0 Å². The lowest BCUT2D eigenvalue weighted by Crippen LogP contribution is -2.31. The van der Waals surface area contributed by atoms with E-state index in [2.05, 4.69) is 4.90 Å². The Bertz CT molecular complexity index is 672. The van der Waals surface area contributed by atoms with Gasteiger partial charge in [0.05, 0.1) is 23.3 Å². The normalized spacial score (nSPS) is 10.8. The Morgan fingerprint density at radius 1 is 0.917 bits per heavy atom. The average molecular weight is 369 g/mol. The van der Waals surface area contributed by atoms with Crippen molar-refractivity contribution >= 4 is 34.6 Å². The summed E-state index contributed by atoms with van der Waals surface area (Å²) in [7, 11) is 3.38. The lowest BCUT2D eigenvalue weighted by atomic mass is 10.0. The maximum Gasteiger partial charge on any atom is 0.0637 e. The van der Waals surface area contributed by atoms with Crippen molar-refractivity contribution in [1.29, 1.82) is 0 Å². The van der Waals surface area contributed by atoms with E-state index in [1.54, 1.807) is 20.3 Å². The number of anilines is 2. The zero-order valence-electron chi connectivity index (χ0n) is 13.9. The van der Waals surface area contributed by atoms with Gasteiger partial charge in [-0.05, 0) is 35.9 Å². The minimum atomic E-state index is 0.517. The quantitative estimate of drug-likeness (QED) is 0.703. The fraction of sp³-hybridized carbons (Fsp3) is 0.333. The molecule has 0 aromatic heterocycles. The zero-order valence-corrected chi connectivity index (χ0v) is 15.4. The molecule has 0 heterocycles. The van der Waals surface area contributed by atoms with Gasteiger partial charge in [-0.15, -0.1) is 0 Å². The highest BCUT2D eigenvalue weighted by atomic mass is 35.5. The van der Waals surface area contributed by atoms with Crippen molar-refractivity contribution in [2.45, 2.75) is 0 Å². The van der Waals surface area contributed by atoms with Crippen LogP contribution >= 0.6 is 23.2 Å². The van der Waals surface area contributed by atoms with Crippen molar-refractivity contribution < 1.29 is 9.47 Å². The van der Waals surface area contributed by atoms with Gasteiger partial charge in [-0.25, -0.2) is 0 Å². The average Bonchev–Trinajstić information content (AvgIpc) is 2.58. The van der Waals surface area contributed by atoms with Crippen LogP contribution in [-0.4, -0.2) is 40.5 Å². The fourth-order valence-electron chi connectivity index (χ4n) is 2.48. The third-order valence-corrected chi connectivity index (χ3v) is 4.46. The van der Waals surface area contributed by atoms with Gasteiger partial charge in [-0.2, -0.15) is 0 Å². The van der Waals surface area contributed by atoms with Crippen LogP contribution in [0.5, 0.6) is 0 Å². The van der Waals surface area contributed by atoms with Crippen molar-refractivity contribution in [2.24, 2.45) is 0 Å². The number of nitrogens with two attached hydrogens (primary N) is 1. The van der Waals surface area contributed by atoms with Crippen molar-refractivity contribution in [2.75, 3.05) is 51.2 Å². The molecule has 24 heavy (non-hydrogen) atoms. The van der Waals surface area contributed by atoms with Crippen molar-refractivity contribution in [3.05, 3.63) is 46.4 Å². The van der Waals surface area contributed by atoms with E-state index < -0.39 is 0 Å². The van der Waals surface area contributed by atoms with Crippen LogP contribution in [-0.2, 0) is 9.47 Å². The molecule has 2 N–H and O–H groups in total. The zero-order chi connectivity index (χ0) is 17.5. The van der Waals surface area contributed by atoms with Gasteiger partial charge in [0.25, 0.3) is 0 Å². The third kappa shape index (κ3) is 4.77. The second-order valence-corrected chi connectivity index (χ2v) is 6.19. The SMILES string of the molecule is COCCN(CCOC)c1ccc(N)cc1-c1ccc(Cl)c(Cl)c1. The van der Waals surface area contributed by atoms with Crippen LogP contribution < -0.4 is 10.6 Å². The minimum Gasteiger partial charge on any atom is -0.399 e. The van der Waals surface area contributed by atoms with E-state index in [4.69, 9.17) is 38.4 Å². The summed E-state index contributed by atoms with van der Waals surface area (Å²) in [4.78, 5) is 2.21. The van der Waals surface area contributed by atoms with E-state index in [1.165, 1.54) is 0 Å². The molecule has 0 bridgehead atoms. The Labute approximate surface area is 153 Å². The highest BCUT2D eigenvalue weighted by Gasteiger charge is 2.14. The molecule has 0 fully saturated rings. The number of ether oxygens (including phenoxy) is 2. The largest absolute Gasteiger partial charge is 0.399 e. The van der Waals surface area contributed by atoms with Crippen LogP contribution in [0.1, 0.15) is 0 Å². The summed E-state index contributed by atoms with van der Waals surface area (Å²) in [5.74, 6) is 0. The Hall–Kier alpha value is -1.46. The molecule has 0 saturated heterocycles. The molecule has 0 aliphatic heterocycles. The van der Waals surface area contributed by atoms with E-state index in [0.29, 0.717) is 28.9 Å². The van der Waals surface area contributed by atoms with Gasteiger partial charge in [0, 0.05) is 44.2 Å². The van der Waals surface area contributed by atoms with Crippen LogP contribution in [0.4, 0.5) is 11.4 Å². The van der Waals surface area contributed by atoms with E-state index in [-0.39, 0.29) is 0 Å². The monoisotopic (exact) mass is 368 g/mol. The van der Waals surface area contributed by atoms with E-state index >= 15 is 0 Å². The molecule has 0 radical (unpaired) electrons. The molecule has 0 saturated carbocycles. The lowest BCUT2D eigenvalue weighted by Gasteiger charge is -2.27. The predicted molar refractivity (Wildman–Crippen MR) is 102 cm³/mol. The molecule has 0 unspecified atom stereocenters. The van der Waals surface area contributed by atoms with Gasteiger partial charge in [0.1, 0.15) is 0 Å². The maximum absolute atomic E-state index is 6.19. The van der Waals surface area contributed by atoms with Gasteiger partial charge in [0.2, 0.25) is 0 Å². The Morgan fingerprint density at radius 2 is 1.58 bits per heavy atom. The molecule has 4 nitrogen and oxygen atoms in total. The molecule has 0 aliphatic carbocycles. The Balaban J connectivity index is 2.45. The summed E-state index contributed by atoms with van der Waals surface area (Å²) in [5, 5.41) is 1.05. The summed E-state index contributed by atoms with van der Waals surface area (Å²) < 4.78 is 10.5. The highest BCUT2D eigenvalue weighted by Crippen LogP contribution is 2.35. The molecule has 2 aromatic carbocycles. The maximum atomic E-state index is 6.19. The molecule has 130 valence electrons. The van der Waals surface area contributed by atoms with Gasteiger partial charge >= 0.3 is 0 Å². The molecule has 0 aliphatic rings. The van der Waals surface area contributed by atoms with Crippen LogP contribution in [0, 0.1) is 0 Å². The van der Waals surface area contributed by atoms with Crippen molar-refractivity contribution in [1.82, 2.24) is 0 Å². The summed E-state index contributed by atoms with van der Waals surface area (Å²) >= 11 is 12.2. The highest BCUT2D eigenvalue weighted by molar-refractivity contribution is 6.42. The number of halogens is 2. The van der Waals surface area contributed by atoms with Gasteiger partial charge < -0.3 is 20.1 Å². The Morgan fingerprint density at radius 3 is 2.17 bits per heavy atom. The van der Waals surface area contributed by atoms with Crippen LogP contribution in [0.3, 0.4) is 0 Å². The topological polar surface area (TPSA) is 47.7 Å². The number of rotatable bonds is 8. The number of benzene rings is 2. The van der Waals surface area contributed by atoms with Crippen LogP contribution in [0.2, 0.25) is 10.0 Å². The molecule has 0 atom stereocenters. The first-order valence-corrected chi connectivity index (χ1v) is 8.40. The molecule has 0 amide bonds. The number of nitrogens with zero attached hydrogens (tertiary/aromatic N) is 1. The molecule has 6 heteroatoms. The molecular formula is C18H22Cl2N2O2. The number of hydrogen-bond acceptors (Lipinski definition) is 4. The van der Waals surface area contributed by atoms with E-state index in [1.807, 2.05) is 30.3 Å². The van der Waals surface area contributed by atoms with Crippen molar-refractivity contribution in [3.63, 3.8) is 0 Å². The summed E-state index contributed by atoms with van der Waals surface area (Å²) in [5.41, 5.74) is 9.72. The minimum absolute atomic E-state index is 0.517. The van der Waals surface area contributed by atoms with Gasteiger partial charge in [0.15, 0.2) is 0 Å². The molecular weight excluding hydrogens is 347 g/mol. The lowest BCUT2D eigenvalue weighted by molar-refractivity contribution is 0.190. The second kappa shape index (κ2) is 9.14. The standard InChI is InChI=1S/C18H22Cl2N2O2/c1-23-9-7-22(8-10-24-2)18-6-4-14(21)12-15(18)13-3-5-16(19)17(20)11-13/h3-6,11-12H,7-10,21H2,1-2H3. The molecule has 0 spiro atoms. The van der Waals surface area contributed by atoms with Crippen LogP contribution in [0.15, 0.2) is 36.4 Å². The molecule has 2 aromatic rings. The summed E-state index contributed by atoms with van der Waals surface area (Å²) in [6, 6.07) is 11.4. The van der Waals surface area contributed by atoms with Crippen molar-refractivity contribution in [3.8, 4) is 11.1 Å². The first-order valence-electron chi connectivity index (χ1n) is 7.64. The van der Waals surface area contributed by atoms with Crippen LogP contribution in [0.25, 0.3) is 11.1 Å². The Kier molecular flexibility index (Phi) is 7.18. The summed E-state index contributed by atoms with van der Waals surface area (Å²) in [6.07, 6.45) is 0. The first-order chi connectivity index (χ1) is 11.6. The third-order valence-electron chi connectivity index (χ3n) is 3.72. The predicted octanol–water partition coefficient (Wildman–Crippen LogP) is 4.34. The number of methoxy groups -OCH3 is 2. The first kappa shape index (κ1) is 18.9. The molecule has 2 rings (SSSR count).